The molecule has 7 nitrogen and oxygen atoms in total. The summed E-state index contributed by atoms with van der Waals surface area (Å²) in [6.45, 7) is 8.91. The Morgan fingerprint density at radius 1 is 1.03 bits per heavy atom. The Balaban J connectivity index is 1.73. The first-order valence-electron chi connectivity index (χ1n) is 12.0. The van der Waals surface area contributed by atoms with E-state index in [1.807, 2.05) is 35.1 Å². The van der Waals surface area contributed by atoms with Gasteiger partial charge in [0.05, 0.1) is 23.7 Å². The lowest BCUT2D eigenvalue weighted by atomic mass is 10.1. The van der Waals surface area contributed by atoms with E-state index in [4.69, 9.17) is 9.84 Å². The van der Waals surface area contributed by atoms with Crippen molar-refractivity contribution in [2.24, 2.45) is 0 Å². The van der Waals surface area contributed by atoms with Crippen molar-refractivity contribution in [1.82, 2.24) is 24.6 Å². The number of methoxy groups -OCH3 is 1. The van der Waals surface area contributed by atoms with Gasteiger partial charge in [-0.15, -0.1) is 0 Å². The maximum Gasteiger partial charge on any atom is 0.137 e. The molecule has 1 aliphatic rings. The number of halogens is 1. The summed E-state index contributed by atoms with van der Waals surface area (Å²) in [5.41, 5.74) is 4.21. The third kappa shape index (κ3) is 5.81. The topological polar surface area (TPSA) is 49.7 Å². The lowest BCUT2D eigenvalue weighted by molar-refractivity contribution is 0.139. The first-order chi connectivity index (χ1) is 16.6. The van der Waals surface area contributed by atoms with Crippen molar-refractivity contribution in [1.29, 1.82) is 0 Å². The summed E-state index contributed by atoms with van der Waals surface area (Å²) in [7, 11) is 3.89. The Labute approximate surface area is 201 Å². The molecule has 0 saturated carbocycles. The monoisotopic (exact) mass is 466 g/mol. The molecule has 2 aromatic heterocycles. The van der Waals surface area contributed by atoms with Crippen LogP contribution in [0.25, 0.3) is 5.69 Å². The highest BCUT2D eigenvalue weighted by atomic mass is 19.1. The normalized spacial score (nSPS) is 14.8. The maximum atomic E-state index is 13.7. The molecule has 0 radical (unpaired) electrons. The van der Waals surface area contributed by atoms with Crippen LogP contribution in [0.1, 0.15) is 23.9 Å². The fraction of sp³-hybridized carbons (Fsp3) is 0.462. The molecule has 34 heavy (non-hydrogen) atoms. The number of likely N-dealkylation sites (N-methyl/N-ethyl adjacent to an activating group) is 1. The Morgan fingerprint density at radius 2 is 1.79 bits per heavy atom. The SMILES string of the molecule is CCc1nn(-c2ccc(F)cc2)c(N2CCN(C)CC2)c1CN(CCOC)Cc1ccccn1. The number of benzene rings is 1. The van der Waals surface area contributed by atoms with Crippen LogP contribution < -0.4 is 4.90 Å². The van der Waals surface area contributed by atoms with Gasteiger partial charge < -0.3 is 14.5 Å². The summed E-state index contributed by atoms with van der Waals surface area (Å²) in [5.74, 6) is 0.870. The minimum absolute atomic E-state index is 0.242. The van der Waals surface area contributed by atoms with E-state index in [1.165, 1.54) is 17.7 Å². The zero-order valence-corrected chi connectivity index (χ0v) is 20.5. The molecule has 4 rings (SSSR count). The number of pyridine rings is 1. The second kappa shape index (κ2) is 11.6. The lowest BCUT2D eigenvalue weighted by Crippen LogP contribution is -2.45. The predicted molar refractivity (Wildman–Crippen MR) is 133 cm³/mol. The molecule has 1 aliphatic heterocycles. The van der Waals surface area contributed by atoms with Crippen LogP contribution in [0.5, 0.6) is 0 Å². The molecule has 0 bridgehead atoms. The third-order valence-electron chi connectivity index (χ3n) is 6.35. The number of aryl methyl sites for hydroxylation is 1. The van der Waals surface area contributed by atoms with Gasteiger partial charge in [0.25, 0.3) is 0 Å². The molecular weight excluding hydrogens is 431 g/mol. The molecular formula is C26H35FN6O. The van der Waals surface area contributed by atoms with Crippen LogP contribution in [0.3, 0.4) is 0 Å². The molecule has 1 fully saturated rings. The van der Waals surface area contributed by atoms with Crippen molar-refractivity contribution in [3.8, 4) is 5.69 Å². The van der Waals surface area contributed by atoms with Crippen LogP contribution in [0.15, 0.2) is 48.7 Å². The summed E-state index contributed by atoms with van der Waals surface area (Å²) in [6, 6.07) is 12.6. The van der Waals surface area contributed by atoms with E-state index < -0.39 is 0 Å². The van der Waals surface area contributed by atoms with Gasteiger partial charge in [-0.1, -0.05) is 13.0 Å². The van der Waals surface area contributed by atoms with Gasteiger partial charge in [-0.2, -0.15) is 5.10 Å². The van der Waals surface area contributed by atoms with Gasteiger partial charge in [-0.05, 0) is 49.9 Å². The number of ether oxygens (including phenoxy) is 1. The van der Waals surface area contributed by atoms with Crippen LogP contribution in [0.4, 0.5) is 10.2 Å². The Morgan fingerprint density at radius 3 is 2.44 bits per heavy atom. The first kappa shape index (κ1) is 24.3. The highest BCUT2D eigenvalue weighted by Crippen LogP contribution is 2.30. The first-order valence-corrected chi connectivity index (χ1v) is 12.0. The van der Waals surface area contributed by atoms with E-state index in [-0.39, 0.29) is 5.82 Å². The number of piperazine rings is 1. The van der Waals surface area contributed by atoms with Gasteiger partial charge in [0.2, 0.25) is 0 Å². The van der Waals surface area contributed by atoms with Crippen molar-refractivity contribution < 1.29 is 9.13 Å². The summed E-state index contributed by atoms with van der Waals surface area (Å²) < 4.78 is 21.1. The zero-order chi connectivity index (χ0) is 23.9. The molecule has 0 spiro atoms. The second-order valence-corrected chi connectivity index (χ2v) is 8.81. The van der Waals surface area contributed by atoms with Crippen LogP contribution in [0, 0.1) is 5.82 Å². The van der Waals surface area contributed by atoms with Crippen molar-refractivity contribution in [3.05, 3.63) is 71.4 Å². The standard InChI is InChI=1S/C26H35FN6O/c1-4-25-24(20-31(17-18-34-3)19-22-7-5-6-12-28-22)26(32-15-13-30(2)14-16-32)33(29-25)23-10-8-21(27)9-11-23/h5-12H,4,13-20H2,1-3H3. The fourth-order valence-corrected chi connectivity index (χ4v) is 4.42. The van der Waals surface area contributed by atoms with Crippen molar-refractivity contribution >= 4 is 5.82 Å². The van der Waals surface area contributed by atoms with Crippen molar-refractivity contribution in [3.63, 3.8) is 0 Å². The van der Waals surface area contributed by atoms with Crippen molar-refractivity contribution in [2.45, 2.75) is 26.4 Å². The Hall–Kier alpha value is -2.81. The number of rotatable bonds is 10. The van der Waals surface area contributed by atoms with E-state index in [9.17, 15) is 4.39 Å². The average Bonchev–Trinajstić information content (AvgIpc) is 3.22. The van der Waals surface area contributed by atoms with E-state index in [1.54, 1.807) is 7.11 Å². The molecule has 0 aliphatic carbocycles. The van der Waals surface area contributed by atoms with Crippen LogP contribution in [0.2, 0.25) is 0 Å². The van der Waals surface area contributed by atoms with Gasteiger partial charge in [0.15, 0.2) is 0 Å². The minimum Gasteiger partial charge on any atom is -0.383 e. The van der Waals surface area contributed by atoms with E-state index in [0.717, 1.165) is 75.1 Å². The van der Waals surface area contributed by atoms with E-state index >= 15 is 0 Å². The molecule has 0 N–H and O–H groups in total. The molecule has 8 heteroatoms. The Kier molecular flexibility index (Phi) is 8.26. The smallest absolute Gasteiger partial charge is 0.137 e. The van der Waals surface area contributed by atoms with Gasteiger partial charge in [-0.25, -0.2) is 9.07 Å². The number of hydrogen-bond acceptors (Lipinski definition) is 6. The average molecular weight is 467 g/mol. The maximum absolute atomic E-state index is 13.7. The Bertz CT molecular complexity index is 1030. The van der Waals surface area contributed by atoms with Gasteiger partial charge in [-0.3, -0.25) is 9.88 Å². The molecule has 0 atom stereocenters. The van der Waals surface area contributed by atoms with Crippen LogP contribution >= 0.6 is 0 Å². The van der Waals surface area contributed by atoms with E-state index in [2.05, 4.69) is 39.7 Å². The third-order valence-corrected chi connectivity index (χ3v) is 6.35. The van der Waals surface area contributed by atoms with Crippen LogP contribution in [-0.2, 0) is 24.2 Å². The predicted octanol–water partition coefficient (Wildman–Crippen LogP) is 3.37. The summed E-state index contributed by atoms with van der Waals surface area (Å²) in [5, 5.41) is 5.03. The number of anilines is 1. The lowest BCUT2D eigenvalue weighted by Gasteiger charge is -2.35. The molecule has 3 heterocycles. The summed E-state index contributed by atoms with van der Waals surface area (Å²) >= 11 is 0. The van der Waals surface area contributed by atoms with Gasteiger partial charge >= 0.3 is 0 Å². The molecule has 0 amide bonds. The minimum atomic E-state index is -0.242. The van der Waals surface area contributed by atoms with Crippen molar-refractivity contribution in [2.75, 3.05) is 58.4 Å². The summed E-state index contributed by atoms with van der Waals surface area (Å²) in [6.07, 6.45) is 2.66. The molecule has 0 unspecified atom stereocenters. The summed E-state index contributed by atoms with van der Waals surface area (Å²) in [4.78, 5) is 11.7. The zero-order valence-electron chi connectivity index (χ0n) is 20.5. The number of aromatic nitrogens is 3. The molecule has 182 valence electrons. The molecule has 1 aromatic carbocycles. The fourth-order valence-electron chi connectivity index (χ4n) is 4.42. The highest BCUT2D eigenvalue weighted by Gasteiger charge is 2.27. The number of hydrogen-bond donors (Lipinski definition) is 0. The second-order valence-electron chi connectivity index (χ2n) is 8.81. The molecule has 3 aromatic rings. The van der Waals surface area contributed by atoms with E-state index in [0.29, 0.717) is 6.61 Å². The number of nitrogens with zero attached hydrogens (tertiary/aromatic N) is 6. The largest absolute Gasteiger partial charge is 0.383 e. The van der Waals surface area contributed by atoms with Crippen LogP contribution in [-0.4, -0.2) is 78.1 Å². The van der Waals surface area contributed by atoms with Gasteiger partial charge in [0.1, 0.15) is 11.6 Å². The highest BCUT2D eigenvalue weighted by molar-refractivity contribution is 5.56. The quantitative estimate of drug-likeness (QED) is 0.457. The van der Waals surface area contributed by atoms with Gasteiger partial charge in [0, 0.05) is 64.7 Å². The molecule has 1 saturated heterocycles.